The largest absolute Gasteiger partial charge is 0.378 e. The molecule has 0 aliphatic heterocycles. The molecule has 0 amide bonds. The Balaban J connectivity index is 2.19. The number of rotatable bonds is 4. The molecule has 1 atom stereocenters. The second-order valence-electron chi connectivity index (χ2n) is 5.63. The summed E-state index contributed by atoms with van der Waals surface area (Å²) in [4.78, 5) is 4.92. The van der Waals surface area contributed by atoms with Crippen LogP contribution in [0.4, 0.5) is 11.4 Å². The fraction of sp³-hybridized carbons (Fsp3) is 0.412. The standard InChI is InChI=1S/C17H24N2S/c1-11-9-15(19(5)6)7-8-17(11)18-13(3)16-10-12(2)20-14(16)4/h7-10,13,18H,1-6H3. The lowest BCUT2D eigenvalue weighted by molar-refractivity contribution is 0.879. The van der Waals surface area contributed by atoms with Crippen molar-refractivity contribution in [2.45, 2.75) is 33.7 Å². The summed E-state index contributed by atoms with van der Waals surface area (Å²) >= 11 is 1.87. The summed E-state index contributed by atoms with van der Waals surface area (Å²) in [5.74, 6) is 0. The summed E-state index contributed by atoms with van der Waals surface area (Å²) in [6, 6.07) is 9.19. The van der Waals surface area contributed by atoms with Crippen LogP contribution >= 0.6 is 11.3 Å². The average Bonchev–Trinajstić information content (AvgIpc) is 2.70. The average molecular weight is 288 g/mol. The van der Waals surface area contributed by atoms with E-state index in [4.69, 9.17) is 0 Å². The molecule has 0 radical (unpaired) electrons. The Kier molecular flexibility index (Phi) is 4.39. The summed E-state index contributed by atoms with van der Waals surface area (Å²) in [6.45, 7) is 8.76. The predicted octanol–water partition coefficient (Wildman–Crippen LogP) is 4.91. The van der Waals surface area contributed by atoms with Crippen molar-refractivity contribution < 1.29 is 0 Å². The van der Waals surface area contributed by atoms with E-state index in [1.807, 2.05) is 11.3 Å². The van der Waals surface area contributed by atoms with E-state index in [1.54, 1.807) is 0 Å². The van der Waals surface area contributed by atoms with E-state index >= 15 is 0 Å². The molecule has 0 fully saturated rings. The van der Waals surface area contributed by atoms with Gasteiger partial charge in [-0.15, -0.1) is 11.3 Å². The van der Waals surface area contributed by atoms with Gasteiger partial charge in [-0.25, -0.2) is 0 Å². The smallest absolute Gasteiger partial charge is 0.0496 e. The van der Waals surface area contributed by atoms with Gasteiger partial charge in [0.15, 0.2) is 0 Å². The molecule has 2 nitrogen and oxygen atoms in total. The van der Waals surface area contributed by atoms with Gasteiger partial charge in [-0.3, -0.25) is 0 Å². The Morgan fingerprint density at radius 1 is 1.10 bits per heavy atom. The van der Waals surface area contributed by atoms with Crippen LogP contribution in [0.1, 0.15) is 33.8 Å². The van der Waals surface area contributed by atoms with Crippen molar-refractivity contribution in [1.82, 2.24) is 0 Å². The van der Waals surface area contributed by atoms with E-state index in [2.05, 4.69) is 76.3 Å². The maximum atomic E-state index is 3.63. The molecule has 0 aliphatic carbocycles. The van der Waals surface area contributed by atoms with Gasteiger partial charge in [-0.1, -0.05) is 0 Å². The van der Waals surface area contributed by atoms with Crippen LogP contribution in [-0.4, -0.2) is 14.1 Å². The highest BCUT2D eigenvalue weighted by Crippen LogP contribution is 2.30. The van der Waals surface area contributed by atoms with E-state index in [1.165, 1.54) is 32.3 Å². The molecular formula is C17H24N2S. The van der Waals surface area contributed by atoms with Crippen molar-refractivity contribution in [1.29, 1.82) is 0 Å². The summed E-state index contributed by atoms with van der Waals surface area (Å²) in [7, 11) is 4.14. The molecule has 1 N–H and O–H groups in total. The number of nitrogens with zero attached hydrogens (tertiary/aromatic N) is 1. The first kappa shape index (κ1) is 14.9. The van der Waals surface area contributed by atoms with Crippen LogP contribution < -0.4 is 10.2 Å². The minimum absolute atomic E-state index is 0.337. The zero-order valence-corrected chi connectivity index (χ0v) is 14.1. The normalized spacial score (nSPS) is 12.3. The Labute approximate surface area is 126 Å². The molecule has 1 aromatic carbocycles. The second kappa shape index (κ2) is 5.88. The van der Waals surface area contributed by atoms with Gasteiger partial charge in [0.05, 0.1) is 0 Å². The van der Waals surface area contributed by atoms with Crippen LogP contribution in [0.5, 0.6) is 0 Å². The van der Waals surface area contributed by atoms with Crippen molar-refractivity contribution in [2.24, 2.45) is 0 Å². The van der Waals surface area contributed by atoms with E-state index in [0.717, 1.165) is 0 Å². The molecule has 2 rings (SSSR count). The molecule has 0 aliphatic rings. The van der Waals surface area contributed by atoms with Crippen LogP contribution in [-0.2, 0) is 0 Å². The summed E-state index contributed by atoms with van der Waals surface area (Å²) < 4.78 is 0. The molecular weight excluding hydrogens is 264 g/mol. The minimum Gasteiger partial charge on any atom is -0.378 e. The van der Waals surface area contributed by atoms with Crippen LogP contribution in [0, 0.1) is 20.8 Å². The number of benzene rings is 1. The van der Waals surface area contributed by atoms with E-state index in [-0.39, 0.29) is 0 Å². The lowest BCUT2D eigenvalue weighted by atomic mass is 10.1. The molecule has 108 valence electrons. The highest BCUT2D eigenvalue weighted by atomic mass is 32.1. The molecule has 1 unspecified atom stereocenters. The number of nitrogens with one attached hydrogen (secondary N) is 1. The maximum absolute atomic E-state index is 3.63. The van der Waals surface area contributed by atoms with Crippen molar-refractivity contribution in [3.8, 4) is 0 Å². The van der Waals surface area contributed by atoms with Gasteiger partial charge in [0, 0.05) is 41.3 Å². The lowest BCUT2D eigenvalue weighted by Gasteiger charge is -2.19. The molecule has 2 aromatic rings. The van der Waals surface area contributed by atoms with E-state index in [9.17, 15) is 0 Å². The van der Waals surface area contributed by atoms with Gasteiger partial charge in [-0.2, -0.15) is 0 Å². The highest BCUT2D eigenvalue weighted by molar-refractivity contribution is 7.12. The number of aryl methyl sites for hydroxylation is 3. The van der Waals surface area contributed by atoms with Crippen molar-refractivity contribution >= 4 is 22.7 Å². The van der Waals surface area contributed by atoms with Crippen molar-refractivity contribution in [2.75, 3.05) is 24.3 Å². The Hall–Kier alpha value is -1.48. The Morgan fingerprint density at radius 2 is 1.80 bits per heavy atom. The zero-order valence-electron chi connectivity index (χ0n) is 13.2. The van der Waals surface area contributed by atoms with Gasteiger partial charge in [0.2, 0.25) is 0 Å². The Bertz CT molecular complexity index is 599. The number of hydrogen-bond acceptors (Lipinski definition) is 3. The monoisotopic (exact) mass is 288 g/mol. The first-order valence-electron chi connectivity index (χ1n) is 7.00. The predicted molar refractivity (Wildman–Crippen MR) is 91.3 cm³/mol. The first-order chi connectivity index (χ1) is 9.38. The van der Waals surface area contributed by atoms with Crippen LogP contribution in [0.25, 0.3) is 0 Å². The fourth-order valence-electron chi connectivity index (χ4n) is 2.48. The first-order valence-corrected chi connectivity index (χ1v) is 7.81. The SMILES string of the molecule is Cc1cc(C(C)Nc2ccc(N(C)C)cc2C)c(C)s1. The molecule has 0 bridgehead atoms. The summed E-state index contributed by atoms with van der Waals surface area (Å²) in [5, 5.41) is 3.63. The number of hydrogen-bond donors (Lipinski definition) is 1. The third-order valence-corrected chi connectivity index (χ3v) is 4.63. The molecule has 3 heteroatoms. The summed E-state index contributed by atoms with van der Waals surface area (Å²) in [6.07, 6.45) is 0. The van der Waals surface area contributed by atoms with Crippen LogP contribution in [0.2, 0.25) is 0 Å². The molecule has 0 saturated carbocycles. The van der Waals surface area contributed by atoms with Crippen molar-refractivity contribution in [3.63, 3.8) is 0 Å². The fourth-order valence-corrected chi connectivity index (χ4v) is 3.50. The van der Waals surface area contributed by atoms with Crippen LogP contribution in [0.15, 0.2) is 24.3 Å². The quantitative estimate of drug-likeness (QED) is 0.859. The molecule has 0 spiro atoms. The topological polar surface area (TPSA) is 15.3 Å². The second-order valence-corrected chi connectivity index (χ2v) is 7.09. The minimum atomic E-state index is 0.337. The number of anilines is 2. The zero-order chi connectivity index (χ0) is 14.9. The maximum Gasteiger partial charge on any atom is 0.0496 e. The number of thiophene rings is 1. The van der Waals surface area contributed by atoms with Gasteiger partial charge < -0.3 is 10.2 Å². The van der Waals surface area contributed by atoms with E-state index < -0.39 is 0 Å². The third kappa shape index (κ3) is 3.15. The van der Waals surface area contributed by atoms with Gasteiger partial charge >= 0.3 is 0 Å². The lowest BCUT2D eigenvalue weighted by Crippen LogP contribution is -2.11. The van der Waals surface area contributed by atoms with Crippen LogP contribution in [0.3, 0.4) is 0 Å². The van der Waals surface area contributed by atoms with Gasteiger partial charge in [0.1, 0.15) is 0 Å². The van der Waals surface area contributed by atoms with Gasteiger partial charge in [0.25, 0.3) is 0 Å². The molecule has 1 heterocycles. The molecule has 0 saturated heterocycles. The molecule has 1 aromatic heterocycles. The summed E-state index contributed by atoms with van der Waals surface area (Å²) in [5.41, 5.74) is 5.14. The Morgan fingerprint density at radius 3 is 2.30 bits per heavy atom. The molecule has 20 heavy (non-hydrogen) atoms. The third-order valence-electron chi connectivity index (χ3n) is 3.64. The van der Waals surface area contributed by atoms with Crippen molar-refractivity contribution in [3.05, 3.63) is 45.1 Å². The van der Waals surface area contributed by atoms with Gasteiger partial charge in [-0.05, 0) is 63.1 Å². The van der Waals surface area contributed by atoms with E-state index in [0.29, 0.717) is 6.04 Å². The highest BCUT2D eigenvalue weighted by Gasteiger charge is 2.12.